The van der Waals surface area contributed by atoms with Crippen molar-refractivity contribution in [2.45, 2.75) is 6.54 Å². The molecule has 21 heavy (non-hydrogen) atoms. The van der Waals surface area contributed by atoms with Gasteiger partial charge in [0.1, 0.15) is 16.2 Å². The number of halogens is 2. The third kappa shape index (κ3) is 2.99. The van der Waals surface area contributed by atoms with Crippen molar-refractivity contribution >= 4 is 41.0 Å². The van der Waals surface area contributed by atoms with Crippen LogP contribution in [0, 0.1) is 0 Å². The Morgan fingerprint density at radius 1 is 1.29 bits per heavy atom. The van der Waals surface area contributed by atoms with Crippen molar-refractivity contribution in [1.82, 2.24) is 14.5 Å². The predicted octanol–water partition coefficient (Wildman–Crippen LogP) is 3.25. The molecule has 5 nitrogen and oxygen atoms in total. The quantitative estimate of drug-likeness (QED) is 0.751. The Bertz CT molecular complexity index is 785. The van der Waals surface area contributed by atoms with E-state index in [1.165, 1.54) is 0 Å². The number of hydrogen-bond acceptors (Lipinski definition) is 3. The molecule has 3 heterocycles. The molecule has 3 aromatic rings. The van der Waals surface area contributed by atoms with E-state index in [-0.39, 0.29) is 18.0 Å². The van der Waals surface area contributed by atoms with Gasteiger partial charge in [-0.15, -0.1) is 12.4 Å². The lowest BCUT2D eigenvalue weighted by Gasteiger charge is -2.04. The highest BCUT2D eigenvalue weighted by Gasteiger charge is 2.15. The third-order valence-corrected chi connectivity index (χ3v) is 3.23. The fourth-order valence-corrected chi connectivity index (χ4v) is 2.22. The second kappa shape index (κ2) is 6.11. The number of carboxylic acid groups (broad SMARTS) is 1. The summed E-state index contributed by atoms with van der Waals surface area (Å²) >= 11 is 5.75. The van der Waals surface area contributed by atoms with E-state index in [4.69, 9.17) is 11.6 Å². The molecule has 0 fully saturated rings. The van der Waals surface area contributed by atoms with Gasteiger partial charge in [-0.05, 0) is 23.8 Å². The van der Waals surface area contributed by atoms with Gasteiger partial charge in [0.25, 0.3) is 0 Å². The molecule has 0 aliphatic rings. The average Bonchev–Trinajstić information content (AvgIpc) is 2.81. The van der Waals surface area contributed by atoms with Gasteiger partial charge in [0.2, 0.25) is 0 Å². The van der Waals surface area contributed by atoms with E-state index in [9.17, 15) is 9.90 Å². The van der Waals surface area contributed by atoms with E-state index in [0.29, 0.717) is 17.2 Å². The first-order valence-corrected chi connectivity index (χ1v) is 6.30. The first-order chi connectivity index (χ1) is 9.65. The third-order valence-electron chi connectivity index (χ3n) is 3.01. The normalized spacial score (nSPS) is 10.3. The van der Waals surface area contributed by atoms with Crippen LogP contribution in [0.15, 0.2) is 42.9 Å². The summed E-state index contributed by atoms with van der Waals surface area (Å²) in [4.78, 5) is 19.4. The molecule has 0 unspecified atom stereocenters. The van der Waals surface area contributed by atoms with Gasteiger partial charge in [0.05, 0.1) is 5.52 Å². The van der Waals surface area contributed by atoms with E-state index < -0.39 is 5.97 Å². The molecule has 0 aromatic carbocycles. The van der Waals surface area contributed by atoms with Gasteiger partial charge in [-0.25, -0.2) is 9.78 Å². The van der Waals surface area contributed by atoms with Crippen molar-refractivity contribution in [2.75, 3.05) is 0 Å². The summed E-state index contributed by atoms with van der Waals surface area (Å²) in [6.07, 6.45) is 4.85. The van der Waals surface area contributed by atoms with Crippen LogP contribution in [0.1, 0.15) is 15.9 Å². The summed E-state index contributed by atoms with van der Waals surface area (Å²) in [7, 11) is 0. The van der Waals surface area contributed by atoms with Gasteiger partial charge in [-0.3, -0.25) is 4.98 Å². The largest absolute Gasteiger partial charge is 0.478 e. The fraction of sp³-hybridized carbons (Fsp3) is 0.0714. The molecule has 0 radical (unpaired) electrons. The first kappa shape index (κ1) is 15.3. The van der Waals surface area contributed by atoms with E-state index in [1.807, 2.05) is 16.7 Å². The summed E-state index contributed by atoms with van der Waals surface area (Å²) < 4.78 is 1.84. The number of hydrogen-bond donors (Lipinski definition) is 1. The predicted molar refractivity (Wildman–Crippen MR) is 82.3 cm³/mol. The van der Waals surface area contributed by atoms with Crippen molar-refractivity contribution in [3.63, 3.8) is 0 Å². The molecular weight excluding hydrogens is 313 g/mol. The summed E-state index contributed by atoms with van der Waals surface area (Å²) in [5.74, 6) is -0.985. The zero-order valence-corrected chi connectivity index (χ0v) is 12.3. The van der Waals surface area contributed by atoms with Crippen molar-refractivity contribution in [1.29, 1.82) is 0 Å². The number of nitrogens with zero attached hydrogens (tertiary/aromatic N) is 3. The molecule has 0 spiro atoms. The van der Waals surface area contributed by atoms with E-state index in [0.717, 1.165) is 11.1 Å². The van der Waals surface area contributed by atoms with Crippen LogP contribution in [0.3, 0.4) is 0 Å². The summed E-state index contributed by atoms with van der Waals surface area (Å²) in [6.45, 7) is 0.514. The number of carboxylic acids is 1. The van der Waals surface area contributed by atoms with Gasteiger partial charge < -0.3 is 9.67 Å². The maximum absolute atomic E-state index is 11.2. The summed E-state index contributed by atoms with van der Waals surface area (Å²) in [6, 6.07) is 7.19. The summed E-state index contributed by atoms with van der Waals surface area (Å²) in [5, 5.41) is 9.65. The highest BCUT2D eigenvalue weighted by molar-refractivity contribution is 6.29. The molecule has 0 saturated carbocycles. The average molecular weight is 324 g/mol. The Morgan fingerprint density at radius 3 is 2.76 bits per heavy atom. The molecule has 0 aliphatic heterocycles. The lowest BCUT2D eigenvalue weighted by Crippen LogP contribution is -1.99. The van der Waals surface area contributed by atoms with Crippen LogP contribution in [0.25, 0.3) is 11.0 Å². The molecular formula is C14H11Cl2N3O2. The molecule has 7 heteroatoms. The van der Waals surface area contributed by atoms with E-state index in [2.05, 4.69) is 9.97 Å². The van der Waals surface area contributed by atoms with Crippen molar-refractivity contribution in [3.05, 3.63) is 59.1 Å². The number of aromatic nitrogens is 3. The molecule has 108 valence electrons. The van der Waals surface area contributed by atoms with Gasteiger partial charge in [-0.1, -0.05) is 17.7 Å². The SMILES string of the molecule is Cl.O=C(O)c1cn(Cc2ccc(Cl)nc2)c2cccnc12. The first-order valence-electron chi connectivity index (χ1n) is 5.93. The highest BCUT2D eigenvalue weighted by Crippen LogP contribution is 2.20. The lowest BCUT2D eigenvalue weighted by atomic mass is 10.2. The lowest BCUT2D eigenvalue weighted by molar-refractivity contribution is 0.0698. The molecule has 0 atom stereocenters. The second-order valence-corrected chi connectivity index (χ2v) is 4.72. The minimum atomic E-state index is -0.985. The number of pyridine rings is 2. The molecule has 0 bridgehead atoms. The smallest absolute Gasteiger partial charge is 0.339 e. The van der Waals surface area contributed by atoms with Gasteiger partial charge in [0, 0.05) is 25.1 Å². The molecule has 1 N–H and O–H groups in total. The standard InChI is InChI=1S/C14H10ClN3O2.ClH/c15-12-4-3-9(6-17-12)7-18-8-10(14(19)20)13-11(18)2-1-5-16-13;/h1-6,8H,7H2,(H,19,20);1H. The zero-order valence-electron chi connectivity index (χ0n) is 10.7. The van der Waals surface area contributed by atoms with Gasteiger partial charge >= 0.3 is 5.97 Å². The Labute approximate surface area is 131 Å². The second-order valence-electron chi connectivity index (χ2n) is 4.34. The highest BCUT2D eigenvalue weighted by atomic mass is 35.5. The molecule has 3 rings (SSSR count). The Morgan fingerprint density at radius 2 is 2.10 bits per heavy atom. The van der Waals surface area contributed by atoms with Crippen molar-refractivity contribution < 1.29 is 9.90 Å². The van der Waals surface area contributed by atoms with Crippen molar-refractivity contribution in [2.24, 2.45) is 0 Å². The van der Waals surface area contributed by atoms with Crippen LogP contribution >= 0.6 is 24.0 Å². The maximum Gasteiger partial charge on any atom is 0.339 e. The van der Waals surface area contributed by atoms with Crippen LogP contribution in [0.4, 0.5) is 0 Å². The van der Waals surface area contributed by atoms with Gasteiger partial charge in [-0.2, -0.15) is 0 Å². The maximum atomic E-state index is 11.2. The van der Waals surface area contributed by atoms with Crippen molar-refractivity contribution in [3.8, 4) is 0 Å². The summed E-state index contributed by atoms with van der Waals surface area (Å²) in [5.41, 5.74) is 2.40. The Hall–Kier alpha value is -2.11. The molecule has 0 amide bonds. The molecule has 0 saturated heterocycles. The Balaban J connectivity index is 0.00000161. The van der Waals surface area contributed by atoms with Crippen LogP contribution in [0.2, 0.25) is 5.15 Å². The van der Waals surface area contributed by atoms with E-state index in [1.54, 1.807) is 30.7 Å². The molecule has 0 aliphatic carbocycles. The number of aromatic carboxylic acids is 1. The zero-order chi connectivity index (χ0) is 14.1. The number of fused-ring (bicyclic) bond motifs is 1. The molecule has 3 aromatic heterocycles. The number of rotatable bonds is 3. The minimum absolute atomic E-state index is 0. The topological polar surface area (TPSA) is 68.0 Å². The monoisotopic (exact) mass is 323 g/mol. The van der Waals surface area contributed by atoms with Crippen LogP contribution in [0.5, 0.6) is 0 Å². The number of carbonyl (C=O) groups is 1. The van der Waals surface area contributed by atoms with E-state index >= 15 is 0 Å². The fourth-order valence-electron chi connectivity index (χ4n) is 2.11. The van der Waals surface area contributed by atoms with Crippen LogP contribution < -0.4 is 0 Å². The minimum Gasteiger partial charge on any atom is -0.478 e. The van der Waals surface area contributed by atoms with Gasteiger partial charge in [0.15, 0.2) is 0 Å². The van der Waals surface area contributed by atoms with Crippen LogP contribution in [-0.2, 0) is 6.54 Å². The Kier molecular flexibility index (Phi) is 4.45. The van der Waals surface area contributed by atoms with Crippen LogP contribution in [-0.4, -0.2) is 25.6 Å².